The van der Waals surface area contributed by atoms with Crippen molar-refractivity contribution in [2.75, 3.05) is 22.6 Å². The first-order chi connectivity index (χ1) is 8.84. The van der Waals surface area contributed by atoms with E-state index in [1.807, 2.05) is 19.1 Å². The summed E-state index contributed by atoms with van der Waals surface area (Å²) in [6.45, 7) is 1.90. The highest BCUT2D eigenvalue weighted by Crippen LogP contribution is 2.28. The quantitative estimate of drug-likeness (QED) is 0.814. The van der Waals surface area contributed by atoms with Crippen LogP contribution >= 0.6 is 0 Å². The zero-order chi connectivity index (χ0) is 14.1. The average molecular weight is 279 g/mol. The molecule has 2 rings (SSSR count). The molecular formula is C13H17N3O2S. The molecule has 0 amide bonds. The average Bonchev–Trinajstić information content (AvgIpc) is 2.58. The van der Waals surface area contributed by atoms with Crippen LogP contribution in [0, 0.1) is 11.3 Å². The van der Waals surface area contributed by atoms with Crippen molar-refractivity contribution in [2.24, 2.45) is 0 Å². The fourth-order valence-electron chi connectivity index (χ4n) is 2.38. The summed E-state index contributed by atoms with van der Waals surface area (Å²) in [5.74, 6) is 0.356. The van der Waals surface area contributed by atoms with E-state index in [0.29, 0.717) is 12.1 Å². The maximum absolute atomic E-state index is 11.6. The van der Waals surface area contributed by atoms with Gasteiger partial charge in [0.1, 0.15) is 0 Å². The summed E-state index contributed by atoms with van der Waals surface area (Å²) >= 11 is 0. The molecule has 0 spiro atoms. The number of rotatable bonds is 3. The normalized spacial score (nSPS) is 24.8. The first-order valence-corrected chi connectivity index (χ1v) is 7.90. The van der Waals surface area contributed by atoms with Crippen LogP contribution in [0.4, 0.5) is 11.4 Å². The van der Waals surface area contributed by atoms with Crippen LogP contribution in [0.1, 0.15) is 18.9 Å². The third kappa shape index (κ3) is 3.18. The minimum atomic E-state index is -2.94. The Bertz CT molecular complexity index is 634. The number of benzene rings is 1. The molecular weight excluding hydrogens is 262 g/mol. The number of nitrogens with one attached hydrogen (secondary N) is 1. The molecule has 6 heteroatoms. The minimum Gasteiger partial charge on any atom is -0.398 e. The number of hydrogen-bond donors (Lipinski definition) is 2. The summed E-state index contributed by atoms with van der Waals surface area (Å²) in [7, 11) is -2.94. The number of nitriles is 1. The summed E-state index contributed by atoms with van der Waals surface area (Å²) < 4.78 is 23.1. The van der Waals surface area contributed by atoms with Gasteiger partial charge in [-0.15, -0.1) is 0 Å². The number of nitrogens with zero attached hydrogens (tertiary/aromatic N) is 1. The van der Waals surface area contributed by atoms with Gasteiger partial charge in [-0.05, 0) is 37.1 Å². The van der Waals surface area contributed by atoms with Crippen molar-refractivity contribution in [1.29, 1.82) is 5.26 Å². The van der Waals surface area contributed by atoms with Crippen molar-refractivity contribution in [2.45, 2.75) is 25.3 Å². The molecule has 102 valence electrons. The molecule has 0 saturated carbocycles. The van der Waals surface area contributed by atoms with Crippen molar-refractivity contribution in [3.63, 3.8) is 0 Å². The van der Waals surface area contributed by atoms with Gasteiger partial charge in [0.2, 0.25) is 0 Å². The molecule has 19 heavy (non-hydrogen) atoms. The van der Waals surface area contributed by atoms with E-state index in [4.69, 9.17) is 11.0 Å². The third-order valence-corrected chi connectivity index (χ3v) is 5.27. The van der Waals surface area contributed by atoms with Gasteiger partial charge in [-0.25, -0.2) is 8.42 Å². The Labute approximate surface area is 113 Å². The molecule has 0 radical (unpaired) electrons. The van der Waals surface area contributed by atoms with Gasteiger partial charge in [-0.2, -0.15) is 5.26 Å². The number of hydrogen-bond acceptors (Lipinski definition) is 5. The molecule has 1 aliphatic heterocycles. The van der Waals surface area contributed by atoms with Gasteiger partial charge in [0, 0.05) is 16.9 Å². The van der Waals surface area contributed by atoms with Crippen molar-refractivity contribution in [3.05, 3.63) is 23.8 Å². The van der Waals surface area contributed by atoms with Crippen LogP contribution in [0.25, 0.3) is 0 Å². The molecule has 0 aliphatic carbocycles. The Hall–Kier alpha value is -1.74. The van der Waals surface area contributed by atoms with Gasteiger partial charge in [0.25, 0.3) is 0 Å². The van der Waals surface area contributed by atoms with E-state index in [2.05, 4.69) is 11.4 Å². The molecule has 1 aliphatic rings. The van der Waals surface area contributed by atoms with Gasteiger partial charge in [0.05, 0.1) is 24.0 Å². The molecule has 0 aromatic heterocycles. The van der Waals surface area contributed by atoms with Gasteiger partial charge in [0.15, 0.2) is 9.84 Å². The van der Waals surface area contributed by atoms with Crippen LogP contribution in [0.3, 0.4) is 0 Å². The van der Waals surface area contributed by atoms with Crippen LogP contribution in [-0.4, -0.2) is 25.5 Å². The number of nitrogen functional groups attached to an aromatic ring is 1. The molecule has 1 atom stereocenters. The third-order valence-electron chi connectivity index (χ3n) is 3.36. The smallest absolute Gasteiger partial charge is 0.152 e. The van der Waals surface area contributed by atoms with E-state index in [-0.39, 0.29) is 17.9 Å². The van der Waals surface area contributed by atoms with E-state index in [9.17, 15) is 8.42 Å². The van der Waals surface area contributed by atoms with E-state index < -0.39 is 15.4 Å². The predicted octanol–water partition coefficient (Wildman–Crippen LogP) is 1.32. The molecule has 5 nitrogen and oxygen atoms in total. The maximum atomic E-state index is 11.6. The molecule has 0 bridgehead atoms. The number of nitrogens with two attached hydrogens (primary N) is 1. The lowest BCUT2D eigenvalue weighted by molar-refractivity contribution is 0.574. The fraction of sp³-hybridized carbons (Fsp3) is 0.462. The van der Waals surface area contributed by atoms with Crippen LogP contribution < -0.4 is 11.1 Å². The number of sulfone groups is 1. The molecule has 1 saturated heterocycles. The largest absolute Gasteiger partial charge is 0.398 e. The standard InChI is InChI=1S/C13H17N3O2S/c1-13(5-7-19(17,18)9-13)16-11-2-3-12(15)10(8-11)4-6-14/h2-3,8,16H,4-5,7,9,15H2,1H3. The zero-order valence-electron chi connectivity index (χ0n) is 10.8. The second kappa shape index (κ2) is 4.74. The first-order valence-electron chi connectivity index (χ1n) is 6.08. The zero-order valence-corrected chi connectivity index (χ0v) is 11.6. The minimum absolute atomic E-state index is 0.137. The summed E-state index contributed by atoms with van der Waals surface area (Å²) in [5, 5.41) is 12.0. The van der Waals surface area contributed by atoms with Gasteiger partial charge < -0.3 is 11.1 Å². The topological polar surface area (TPSA) is 96.0 Å². The van der Waals surface area contributed by atoms with Gasteiger partial charge in [-0.1, -0.05) is 0 Å². The van der Waals surface area contributed by atoms with E-state index in [1.165, 1.54) is 0 Å². The van der Waals surface area contributed by atoms with E-state index >= 15 is 0 Å². The predicted molar refractivity (Wildman–Crippen MR) is 75.5 cm³/mol. The van der Waals surface area contributed by atoms with Crippen LogP contribution in [0.15, 0.2) is 18.2 Å². The SMILES string of the molecule is CC1(Nc2ccc(N)c(CC#N)c2)CCS(=O)(=O)C1. The van der Waals surface area contributed by atoms with Crippen LogP contribution in [-0.2, 0) is 16.3 Å². The first kappa shape index (κ1) is 13.7. The maximum Gasteiger partial charge on any atom is 0.152 e. The molecule has 1 aromatic rings. The molecule has 1 heterocycles. The summed E-state index contributed by atoms with van der Waals surface area (Å²) in [6.07, 6.45) is 0.837. The van der Waals surface area contributed by atoms with Gasteiger partial charge >= 0.3 is 0 Å². The van der Waals surface area contributed by atoms with Crippen molar-refractivity contribution >= 4 is 21.2 Å². The molecule has 3 N–H and O–H groups in total. The van der Waals surface area contributed by atoms with Crippen molar-refractivity contribution in [3.8, 4) is 6.07 Å². The summed E-state index contributed by atoms with van der Waals surface area (Å²) in [5.41, 5.74) is 7.49. The van der Waals surface area contributed by atoms with Gasteiger partial charge in [-0.3, -0.25) is 0 Å². The monoisotopic (exact) mass is 279 g/mol. The Morgan fingerprint density at radius 3 is 2.84 bits per heavy atom. The highest BCUT2D eigenvalue weighted by molar-refractivity contribution is 7.91. The second-order valence-electron chi connectivity index (χ2n) is 5.28. The Balaban J connectivity index is 2.21. The second-order valence-corrected chi connectivity index (χ2v) is 7.46. The van der Waals surface area contributed by atoms with E-state index in [1.54, 1.807) is 6.07 Å². The molecule has 1 aromatic carbocycles. The van der Waals surface area contributed by atoms with Crippen LogP contribution in [0.5, 0.6) is 0 Å². The Morgan fingerprint density at radius 1 is 1.53 bits per heavy atom. The highest BCUT2D eigenvalue weighted by Gasteiger charge is 2.38. The lowest BCUT2D eigenvalue weighted by atomic mass is 10.0. The lowest BCUT2D eigenvalue weighted by Gasteiger charge is -2.25. The highest BCUT2D eigenvalue weighted by atomic mass is 32.2. The van der Waals surface area contributed by atoms with E-state index in [0.717, 1.165) is 11.3 Å². The fourth-order valence-corrected chi connectivity index (χ4v) is 4.47. The Morgan fingerprint density at radius 2 is 2.26 bits per heavy atom. The van der Waals surface area contributed by atoms with Crippen LogP contribution in [0.2, 0.25) is 0 Å². The molecule has 1 unspecified atom stereocenters. The number of anilines is 2. The lowest BCUT2D eigenvalue weighted by Crippen LogP contribution is -2.35. The van der Waals surface area contributed by atoms with Crippen molar-refractivity contribution < 1.29 is 8.42 Å². The van der Waals surface area contributed by atoms with Crippen molar-refractivity contribution in [1.82, 2.24) is 0 Å². The summed E-state index contributed by atoms with van der Waals surface area (Å²) in [6, 6.07) is 7.43. The molecule has 1 fully saturated rings. The Kier molecular flexibility index (Phi) is 3.42. The summed E-state index contributed by atoms with van der Waals surface area (Å²) in [4.78, 5) is 0.